The van der Waals surface area contributed by atoms with Gasteiger partial charge < -0.3 is 4.74 Å². The van der Waals surface area contributed by atoms with E-state index in [0.29, 0.717) is 25.4 Å². The van der Waals surface area contributed by atoms with Crippen molar-refractivity contribution in [3.63, 3.8) is 0 Å². The summed E-state index contributed by atoms with van der Waals surface area (Å²) in [5, 5.41) is 4.14. The van der Waals surface area contributed by atoms with E-state index in [1.807, 2.05) is 24.7 Å². The lowest BCUT2D eigenvalue weighted by Crippen LogP contribution is -2.12. The third-order valence-corrected chi connectivity index (χ3v) is 2.44. The van der Waals surface area contributed by atoms with Gasteiger partial charge in [0.25, 0.3) is 0 Å². The molecular weight excluding hydrogens is 204 g/mol. The second-order valence-corrected chi connectivity index (χ2v) is 4.18. The molecule has 0 aliphatic rings. The van der Waals surface area contributed by atoms with Gasteiger partial charge in [0.15, 0.2) is 0 Å². The fourth-order valence-corrected chi connectivity index (χ4v) is 1.70. The van der Waals surface area contributed by atoms with Crippen molar-refractivity contribution in [1.82, 2.24) is 9.78 Å². The van der Waals surface area contributed by atoms with Crippen molar-refractivity contribution in [3.8, 4) is 0 Å². The molecule has 1 aromatic heterocycles. The van der Waals surface area contributed by atoms with E-state index in [2.05, 4.69) is 5.10 Å². The van der Waals surface area contributed by atoms with Crippen molar-refractivity contribution in [3.05, 3.63) is 18.0 Å². The van der Waals surface area contributed by atoms with E-state index in [0.717, 1.165) is 12.1 Å². The number of aryl methyl sites for hydroxylation is 1. The van der Waals surface area contributed by atoms with Crippen molar-refractivity contribution in [2.75, 3.05) is 13.7 Å². The molecule has 0 radical (unpaired) electrons. The van der Waals surface area contributed by atoms with Crippen LogP contribution in [0.5, 0.6) is 0 Å². The molecule has 0 saturated heterocycles. The lowest BCUT2D eigenvalue weighted by molar-refractivity contribution is -0.119. The molecule has 0 amide bonds. The maximum absolute atomic E-state index is 11.7. The molecule has 0 N–H and O–H groups in total. The average Bonchev–Trinajstić information content (AvgIpc) is 2.65. The highest BCUT2D eigenvalue weighted by Gasteiger charge is 2.10. The molecule has 1 heterocycles. The molecule has 4 heteroatoms. The normalized spacial score (nSPS) is 12.7. The van der Waals surface area contributed by atoms with Crippen molar-refractivity contribution in [1.29, 1.82) is 0 Å². The predicted molar refractivity (Wildman–Crippen MR) is 62.3 cm³/mol. The van der Waals surface area contributed by atoms with Gasteiger partial charge in [-0.2, -0.15) is 5.10 Å². The standard InChI is InChI=1S/C12H20N2O2/c1-4-14-8-11(7-13-14)6-12(15)5-10(2)9-16-3/h7-8,10H,4-6,9H2,1-3H3. The van der Waals surface area contributed by atoms with Gasteiger partial charge in [-0.05, 0) is 18.4 Å². The molecule has 0 aliphatic carbocycles. The van der Waals surface area contributed by atoms with Crippen molar-refractivity contribution < 1.29 is 9.53 Å². The topological polar surface area (TPSA) is 44.1 Å². The maximum atomic E-state index is 11.7. The Balaban J connectivity index is 2.39. The van der Waals surface area contributed by atoms with Crippen LogP contribution in [0.15, 0.2) is 12.4 Å². The summed E-state index contributed by atoms with van der Waals surface area (Å²) in [6.45, 7) is 5.53. The van der Waals surface area contributed by atoms with E-state index in [1.165, 1.54) is 0 Å². The van der Waals surface area contributed by atoms with Crippen molar-refractivity contribution >= 4 is 5.78 Å². The van der Waals surface area contributed by atoms with Gasteiger partial charge in [0, 0.05) is 39.3 Å². The van der Waals surface area contributed by atoms with E-state index in [-0.39, 0.29) is 5.78 Å². The fraction of sp³-hybridized carbons (Fsp3) is 0.667. The number of nitrogens with zero attached hydrogens (tertiary/aromatic N) is 2. The summed E-state index contributed by atoms with van der Waals surface area (Å²) in [7, 11) is 1.66. The molecule has 1 rings (SSSR count). The first kappa shape index (κ1) is 12.9. The molecule has 4 nitrogen and oxygen atoms in total. The Bertz CT molecular complexity index is 334. The Morgan fingerprint density at radius 1 is 1.62 bits per heavy atom. The summed E-state index contributed by atoms with van der Waals surface area (Å²) in [6, 6.07) is 0. The molecule has 90 valence electrons. The predicted octanol–water partition coefficient (Wildman–Crippen LogP) is 1.69. The van der Waals surface area contributed by atoms with Gasteiger partial charge in [-0.3, -0.25) is 9.48 Å². The summed E-state index contributed by atoms with van der Waals surface area (Å²) in [5.74, 6) is 0.541. The van der Waals surface area contributed by atoms with Crippen LogP contribution < -0.4 is 0 Å². The van der Waals surface area contributed by atoms with Gasteiger partial charge in [-0.15, -0.1) is 0 Å². The third-order valence-electron chi connectivity index (χ3n) is 2.44. The van der Waals surface area contributed by atoms with E-state index in [1.54, 1.807) is 13.3 Å². The summed E-state index contributed by atoms with van der Waals surface area (Å²) in [4.78, 5) is 11.7. The minimum Gasteiger partial charge on any atom is -0.384 e. The van der Waals surface area contributed by atoms with Crippen LogP contribution >= 0.6 is 0 Å². The number of carbonyl (C=O) groups is 1. The van der Waals surface area contributed by atoms with Crippen LogP contribution in [-0.2, 0) is 22.5 Å². The molecule has 0 bridgehead atoms. The number of hydrogen-bond donors (Lipinski definition) is 0. The first-order valence-electron chi connectivity index (χ1n) is 5.67. The third kappa shape index (κ3) is 4.14. The van der Waals surface area contributed by atoms with Gasteiger partial charge >= 0.3 is 0 Å². The zero-order valence-electron chi connectivity index (χ0n) is 10.3. The van der Waals surface area contributed by atoms with Gasteiger partial charge in [0.2, 0.25) is 0 Å². The molecule has 16 heavy (non-hydrogen) atoms. The van der Waals surface area contributed by atoms with Gasteiger partial charge in [0.1, 0.15) is 5.78 Å². The molecule has 0 saturated carbocycles. The monoisotopic (exact) mass is 224 g/mol. The van der Waals surface area contributed by atoms with Gasteiger partial charge in [-0.25, -0.2) is 0 Å². The zero-order chi connectivity index (χ0) is 12.0. The number of methoxy groups -OCH3 is 1. The summed E-state index contributed by atoms with van der Waals surface area (Å²) in [5.41, 5.74) is 0.997. The van der Waals surface area contributed by atoms with Crippen LogP contribution in [0.1, 0.15) is 25.8 Å². The van der Waals surface area contributed by atoms with Crippen molar-refractivity contribution in [2.45, 2.75) is 33.2 Å². The van der Waals surface area contributed by atoms with E-state index in [9.17, 15) is 4.79 Å². The fourth-order valence-electron chi connectivity index (χ4n) is 1.70. The minimum absolute atomic E-state index is 0.250. The highest BCUT2D eigenvalue weighted by Crippen LogP contribution is 2.07. The van der Waals surface area contributed by atoms with E-state index in [4.69, 9.17) is 4.74 Å². The molecule has 1 unspecified atom stereocenters. The Labute approximate surface area is 96.6 Å². The van der Waals surface area contributed by atoms with Crippen LogP contribution in [0.2, 0.25) is 0 Å². The van der Waals surface area contributed by atoms with E-state index < -0.39 is 0 Å². The van der Waals surface area contributed by atoms with Crippen LogP contribution in [0.25, 0.3) is 0 Å². The first-order chi connectivity index (χ1) is 7.65. The number of aromatic nitrogens is 2. The second-order valence-electron chi connectivity index (χ2n) is 4.18. The SMILES string of the molecule is CCn1cc(CC(=O)CC(C)COC)cn1. The number of ether oxygens (including phenoxy) is 1. The van der Waals surface area contributed by atoms with Gasteiger partial charge in [-0.1, -0.05) is 6.92 Å². The van der Waals surface area contributed by atoms with Crippen LogP contribution in [0.4, 0.5) is 0 Å². The van der Waals surface area contributed by atoms with Crippen LogP contribution in [-0.4, -0.2) is 29.3 Å². The Morgan fingerprint density at radius 3 is 2.94 bits per heavy atom. The number of carbonyl (C=O) groups excluding carboxylic acids is 1. The highest BCUT2D eigenvalue weighted by molar-refractivity contribution is 5.80. The molecule has 1 atom stereocenters. The molecule has 0 aromatic carbocycles. The first-order valence-corrected chi connectivity index (χ1v) is 5.67. The molecule has 0 fully saturated rings. The lowest BCUT2D eigenvalue weighted by atomic mass is 10.0. The molecule has 0 spiro atoms. The van der Waals surface area contributed by atoms with Crippen LogP contribution in [0, 0.1) is 5.92 Å². The van der Waals surface area contributed by atoms with Gasteiger partial charge in [0.05, 0.1) is 6.20 Å². The maximum Gasteiger partial charge on any atom is 0.137 e. The largest absolute Gasteiger partial charge is 0.384 e. The number of ketones is 1. The van der Waals surface area contributed by atoms with Crippen molar-refractivity contribution in [2.24, 2.45) is 5.92 Å². The summed E-state index contributed by atoms with van der Waals surface area (Å²) < 4.78 is 6.84. The second kappa shape index (κ2) is 6.43. The Kier molecular flexibility index (Phi) is 5.19. The zero-order valence-corrected chi connectivity index (χ0v) is 10.3. The molecule has 1 aromatic rings. The summed E-state index contributed by atoms with van der Waals surface area (Å²) >= 11 is 0. The van der Waals surface area contributed by atoms with Crippen LogP contribution in [0.3, 0.4) is 0 Å². The molecule has 0 aliphatic heterocycles. The molecular formula is C12H20N2O2. The number of rotatable bonds is 7. The highest BCUT2D eigenvalue weighted by atomic mass is 16.5. The lowest BCUT2D eigenvalue weighted by Gasteiger charge is -2.07. The quantitative estimate of drug-likeness (QED) is 0.708. The summed E-state index contributed by atoms with van der Waals surface area (Å²) in [6.07, 6.45) is 4.75. The Morgan fingerprint density at radius 2 is 2.38 bits per heavy atom. The Hall–Kier alpha value is -1.16. The number of hydrogen-bond acceptors (Lipinski definition) is 3. The minimum atomic E-state index is 0.250. The average molecular weight is 224 g/mol. The van der Waals surface area contributed by atoms with E-state index >= 15 is 0 Å². The smallest absolute Gasteiger partial charge is 0.137 e. The number of Topliss-reactive ketones (excluding diaryl/α,β-unsaturated/α-hetero) is 1.